The average molecular weight is 277 g/mol. The lowest BCUT2D eigenvalue weighted by molar-refractivity contribution is 0.795. The Labute approximate surface area is 124 Å². The third kappa shape index (κ3) is 2.87. The van der Waals surface area contributed by atoms with Crippen molar-refractivity contribution in [2.45, 2.75) is 26.2 Å². The van der Waals surface area contributed by atoms with Crippen molar-refractivity contribution in [2.24, 2.45) is 0 Å². The zero-order valence-electron chi connectivity index (χ0n) is 12.2. The SMILES string of the molecule is CCCCc1ccc(-c2nc3ccccc3nc2N)cc1. The molecule has 2 N–H and O–H groups in total. The molecule has 1 aromatic heterocycles. The number of nitrogens with two attached hydrogens (primary N) is 1. The number of nitrogens with zero attached hydrogens (tertiary/aromatic N) is 2. The predicted molar refractivity (Wildman–Crippen MR) is 88.0 cm³/mol. The normalized spacial score (nSPS) is 10.9. The summed E-state index contributed by atoms with van der Waals surface area (Å²) in [5.41, 5.74) is 10.9. The Hall–Kier alpha value is -2.42. The van der Waals surface area contributed by atoms with E-state index in [4.69, 9.17) is 5.73 Å². The van der Waals surface area contributed by atoms with Crippen molar-refractivity contribution >= 4 is 16.9 Å². The minimum Gasteiger partial charge on any atom is -0.382 e. The molecule has 0 aliphatic heterocycles. The van der Waals surface area contributed by atoms with E-state index >= 15 is 0 Å². The molecule has 0 unspecified atom stereocenters. The van der Waals surface area contributed by atoms with Gasteiger partial charge < -0.3 is 5.73 Å². The van der Waals surface area contributed by atoms with Crippen LogP contribution in [0.3, 0.4) is 0 Å². The highest BCUT2D eigenvalue weighted by Crippen LogP contribution is 2.25. The Bertz CT molecular complexity index is 748. The molecular weight excluding hydrogens is 258 g/mol. The highest BCUT2D eigenvalue weighted by Gasteiger charge is 2.08. The fourth-order valence-electron chi connectivity index (χ4n) is 2.44. The van der Waals surface area contributed by atoms with Crippen LogP contribution in [0.15, 0.2) is 48.5 Å². The van der Waals surface area contributed by atoms with Crippen LogP contribution in [0.4, 0.5) is 5.82 Å². The van der Waals surface area contributed by atoms with Gasteiger partial charge in [-0.3, -0.25) is 0 Å². The van der Waals surface area contributed by atoms with Crippen molar-refractivity contribution < 1.29 is 0 Å². The zero-order valence-corrected chi connectivity index (χ0v) is 12.2. The zero-order chi connectivity index (χ0) is 14.7. The van der Waals surface area contributed by atoms with Crippen molar-refractivity contribution in [1.29, 1.82) is 0 Å². The summed E-state index contributed by atoms with van der Waals surface area (Å²) in [5.74, 6) is 0.481. The third-order valence-electron chi connectivity index (χ3n) is 3.64. The van der Waals surface area contributed by atoms with Crippen LogP contribution in [0, 0.1) is 0 Å². The second-order valence-electron chi connectivity index (χ2n) is 5.25. The van der Waals surface area contributed by atoms with Crippen LogP contribution < -0.4 is 5.73 Å². The van der Waals surface area contributed by atoms with E-state index in [0.29, 0.717) is 5.82 Å². The standard InChI is InChI=1S/C18H19N3/c1-2-3-6-13-9-11-14(12-10-13)17-18(19)21-16-8-5-4-7-15(16)20-17/h4-5,7-12H,2-3,6H2,1H3,(H2,19,21). The van der Waals surface area contributed by atoms with Gasteiger partial charge in [-0.25, -0.2) is 9.97 Å². The van der Waals surface area contributed by atoms with E-state index in [9.17, 15) is 0 Å². The molecule has 2 aromatic carbocycles. The van der Waals surface area contributed by atoms with E-state index in [1.54, 1.807) is 0 Å². The monoisotopic (exact) mass is 277 g/mol. The number of hydrogen-bond donors (Lipinski definition) is 1. The number of nitrogen functional groups attached to an aromatic ring is 1. The van der Waals surface area contributed by atoms with E-state index < -0.39 is 0 Å². The van der Waals surface area contributed by atoms with Gasteiger partial charge in [-0.15, -0.1) is 0 Å². The van der Waals surface area contributed by atoms with Gasteiger partial charge in [0.15, 0.2) is 5.82 Å². The molecule has 0 atom stereocenters. The molecule has 3 rings (SSSR count). The molecule has 0 saturated heterocycles. The summed E-state index contributed by atoms with van der Waals surface area (Å²) in [6, 6.07) is 16.3. The fraction of sp³-hybridized carbons (Fsp3) is 0.222. The smallest absolute Gasteiger partial charge is 0.150 e. The molecule has 3 aromatic rings. The van der Waals surface area contributed by atoms with Crippen LogP contribution in [0.5, 0.6) is 0 Å². The third-order valence-corrected chi connectivity index (χ3v) is 3.64. The highest BCUT2D eigenvalue weighted by atomic mass is 14.9. The summed E-state index contributed by atoms with van der Waals surface area (Å²) < 4.78 is 0. The number of aryl methyl sites for hydroxylation is 1. The van der Waals surface area contributed by atoms with Crippen LogP contribution in [0.2, 0.25) is 0 Å². The van der Waals surface area contributed by atoms with E-state index in [2.05, 4.69) is 41.2 Å². The molecule has 0 aliphatic carbocycles. The molecule has 1 heterocycles. The van der Waals surface area contributed by atoms with E-state index in [1.807, 2.05) is 24.3 Å². The van der Waals surface area contributed by atoms with Gasteiger partial charge in [0, 0.05) is 5.56 Å². The second kappa shape index (κ2) is 5.92. The number of anilines is 1. The Morgan fingerprint density at radius 3 is 2.24 bits per heavy atom. The van der Waals surface area contributed by atoms with Gasteiger partial charge in [0.25, 0.3) is 0 Å². The van der Waals surface area contributed by atoms with Crippen molar-refractivity contribution in [1.82, 2.24) is 9.97 Å². The molecule has 3 nitrogen and oxygen atoms in total. The van der Waals surface area contributed by atoms with Gasteiger partial charge >= 0.3 is 0 Å². The molecule has 0 amide bonds. The lowest BCUT2D eigenvalue weighted by atomic mass is 10.0. The predicted octanol–water partition coefficient (Wildman–Crippen LogP) is 4.22. The molecule has 106 valence electrons. The molecule has 0 spiro atoms. The lowest BCUT2D eigenvalue weighted by Crippen LogP contribution is -1.98. The first-order valence-electron chi connectivity index (χ1n) is 7.39. The van der Waals surface area contributed by atoms with Crippen LogP contribution in [0.1, 0.15) is 25.3 Å². The minimum atomic E-state index is 0.481. The fourth-order valence-corrected chi connectivity index (χ4v) is 2.44. The maximum Gasteiger partial charge on any atom is 0.150 e. The van der Waals surface area contributed by atoms with Crippen molar-refractivity contribution in [3.8, 4) is 11.3 Å². The number of fused-ring (bicyclic) bond motifs is 1. The molecular formula is C18H19N3. The number of hydrogen-bond acceptors (Lipinski definition) is 3. The van der Waals surface area contributed by atoms with Crippen molar-refractivity contribution in [3.05, 3.63) is 54.1 Å². The van der Waals surface area contributed by atoms with E-state index in [-0.39, 0.29) is 0 Å². The Morgan fingerprint density at radius 2 is 1.57 bits per heavy atom. The number of benzene rings is 2. The van der Waals surface area contributed by atoms with Gasteiger partial charge in [0.1, 0.15) is 5.69 Å². The van der Waals surface area contributed by atoms with Gasteiger partial charge in [-0.05, 0) is 30.5 Å². The summed E-state index contributed by atoms with van der Waals surface area (Å²) in [6.07, 6.45) is 3.55. The maximum absolute atomic E-state index is 6.06. The first-order chi connectivity index (χ1) is 10.3. The molecule has 0 aliphatic rings. The summed E-state index contributed by atoms with van der Waals surface area (Å²) in [4.78, 5) is 9.09. The molecule has 0 radical (unpaired) electrons. The number of para-hydroxylation sites is 2. The Morgan fingerprint density at radius 1 is 0.905 bits per heavy atom. The molecule has 0 fully saturated rings. The lowest BCUT2D eigenvalue weighted by Gasteiger charge is -2.07. The number of rotatable bonds is 4. The van der Waals surface area contributed by atoms with Gasteiger partial charge in [0.05, 0.1) is 11.0 Å². The van der Waals surface area contributed by atoms with E-state index in [0.717, 1.165) is 28.7 Å². The summed E-state index contributed by atoms with van der Waals surface area (Å²) in [5, 5.41) is 0. The molecule has 0 saturated carbocycles. The van der Waals surface area contributed by atoms with Crippen molar-refractivity contribution in [2.75, 3.05) is 5.73 Å². The molecule has 0 bridgehead atoms. The Kier molecular flexibility index (Phi) is 3.82. The van der Waals surface area contributed by atoms with Crippen LogP contribution in [-0.4, -0.2) is 9.97 Å². The van der Waals surface area contributed by atoms with Crippen LogP contribution in [-0.2, 0) is 6.42 Å². The van der Waals surface area contributed by atoms with Gasteiger partial charge in [-0.1, -0.05) is 49.7 Å². The van der Waals surface area contributed by atoms with Crippen molar-refractivity contribution in [3.63, 3.8) is 0 Å². The maximum atomic E-state index is 6.06. The van der Waals surface area contributed by atoms with Gasteiger partial charge in [0.2, 0.25) is 0 Å². The minimum absolute atomic E-state index is 0.481. The summed E-state index contributed by atoms with van der Waals surface area (Å²) in [7, 11) is 0. The average Bonchev–Trinajstić information content (AvgIpc) is 2.53. The first-order valence-corrected chi connectivity index (χ1v) is 7.39. The number of unbranched alkanes of at least 4 members (excludes halogenated alkanes) is 1. The quantitative estimate of drug-likeness (QED) is 0.776. The topological polar surface area (TPSA) is 51.8 Å². The van der Waals surface area contributed by atoms with Gasteiger partial charge in [-0.2, -0.15) is 0 Å². The number of aromatic nitrogens is 2. The second-order valence-corrected chi connectivity index (χ2v) is 5.25. The highest BCUT2D eigenvalue weighted by molar-refractivity contribution is 5.82. The van der Waals surface area contributed by atoms with Crippen LogP contribution >= 0.6 is 0 Å². The van der Waals surface area contributed by atoms with E-state index in [1.165, 1.54) is 18.4 Å². The molecule has 21 heavy (non-hydrogen) atoms. The summed E-state index contributed by atoms with van der Waals surface area (Å²) >= 11 is 0. The first kappa shape index (κ1) is 13.6. The van der Waals surface area contributed by atoms with Crippen LogP contribution in [0.25, 0.3) is 22.3 Å². The summed E-state index contributed by atoms with van der Waals surface area (Å²) in [6.45, 7) is 2.21. The largest absolute Gasteiger partial charge is 0.382 e. The Balaban J connectivity index is 1.97. The molecule has 3 heteroatoms.